The Morgan fingerprint density at radius 3 is 3.00 bits per heavy atom. The van der Waals surface area contributed by atoms with E-state index >= 15 is 0 Å². The smallest absolute Gasteiger partial charge is 0.0832 e. The molecule has 2 aromatic rings. The Hall–Kier alpha value is -1.71. The number of aliphatic hydroxyl groups excluding tert-OH is 1. The molecule has 1 aromatic carbocycles. The lowest BCUT2D eigenvalue weighted by molar-refractivity contribution is 0.179. The van der Waals surface area contributed by atoms with Crippen LogP contribution in [0.15, 0.2) is 49.2 Å². The van der Waals surface area contributed by atoms with E-state index in [0.29, 0.717) is 11.8 Å². The zero-order chi connectivity index (χ0) is 14.7. The third kappa shape index (κ3) is 2.99. The molecule has 109 valence electrons. The summed E-state index contributed by atoms with van der Waals surface area (Å²) >= 11 is 0. The first kappa shape index (κ1) is 14.2. The number of pyridine rings is 1. The van der Waals surface area contributed by atoms with Crippen LogP contribution in [-0.2, 0) is 0 Å². The van der Waals surface area contributed by atoms with Gasteiger partial charge >= 0.3 is 0 Å². The molecule has 2 heterocycles. The number of rotatable bonds is 4. The minimum Gasteiger partial charge on any atom is -0.388 e. The Bertz CT molecular complexity index is 620. The number of nitrogens with zero attached hydrogens (tertiary/aromatic N) is 1. The van der Waals surface area contributed by atoms with Crippen LogP contribution < -0.4 is 5.32 Å². The van der Waals surface area contributed by atoms with E-state index in [-0.39, 0.29) is 0 Å². The van der Waals surface area contributed by atoms with E-state index in [1.54, 1.807) is 6.20 Å². The van der Waals surface area contributed by atoms with Gasteiger partial charge in [0.1, 0.15) is 0 Å². The maximum atomic E-state index is 10.6. The molecule has 0 aliphatic carbocycles. The Morgan fingerprint density at radius 2 is 2.14 bits per heavy atom. The summed E-state index contributed by atoms with van der Waals surface area (Å²) in [6.45, 7) is 5.85. The van der Waals surface area contributed by atoms with Gasteiger partial charge in [0.05, 0.1) is 11.6 Å². The summed E-state index contributed by atoms with van der Waals surface area (Å²) in [6.07, 6.45) is 6.29. The van der Waals surface area contributed by atoms with Gasteiger partial charge < -0.3 is 10.4 Å². The molecule has 0 spiro atoms. The van der Waals surface area contributed by atoms with Gasteiger partial charge in [-0.2, -0.15) is 0 Å². The first-order valence-electron chi connectivity index (χ1n) is 7.49. The molecule has 1 radical (unpaired) electrons. The van der Waals surface area contributed by atoms with Crippen LogP contribution in [-0.4, -0.2) is 23.2 Å². The quantitative estimate of drug-likeness (QED) is 0.847. The second-order valence-electron chi connectivity index (χ2n) is 5.61. The van der Waals surface area contributed by atoms with Crippen LogP contribution in [0.3, 0.4) is 0 Å². The molecule has 3 atom stereocenters. The Kier molecular flexibility index (Phi) is 4.32. The van der Waals surface area contributed by atoms with Crippen molar-refractivity contribution >= 4 is 10.9 Å². The molecule has 21 heavy (non-hydrogen) atoms. The summed E-state index contributed by atoms with van der Waals surface area (Å²) < 4.78 is 0. The van der Waals surface area contributed by atoms with Gasteiger partial charge in [-0.25, -0.2) is 0 Å². The van der Waals surface area contributed by atoms with E-state index < -0.39 is 6.10 Å². The topological polar surface area (TPSA) is 45.1 Å². The average Bonchev–Trinajstić information content (AvgIpc) is 2.54. The van der Waals surface area contributed by atoms with Gasteiger partial charge in [0.15, 0.2) is 0 Å². The molecule has 3 heteroatoms. The van der Waals surface area contributed by atoms with Crippen molar-refractivity contribution in [2.75, 3.05) is 13.1 Å². The summed E-state index contributed by atoms with van der Waals surface area (Å²) in [6, 6.07) is 9.85. The zero-order valence-electron chi connectivity index (χ0n) is 12.1. The summed E-state index contributed by atoms with van der Waals surface area (Å²) in [7, 11) is 0. The third-order valence-corrected chi connectivity index (χ3v) is 4.32. The fourth-order valence-corrected chi connectivity index (χ4v) is 3.11. The third-order valence-electron chi connectivity index (χ3n) is 4.32. The predicted molar refractivity (Wildman–Crippen MR) is 85.7 cm³/mol. The Balaban J connectivity index is 1.83. The number of aromatic nitrogens is 1. The lowest BCUT2D eigenvalue weighted by atomic mass is 9.81. The second kappa shape index (κ2) is 6.37. The lowest BCUT2D eigenvalue weighted by Gasteiger charge is -2.31. The molecule has 0 saturated carbocycles. The normalized spacial score (nSPS) is 23.9. The molecule has 2 N–H and O–H groups in total. The van der Waals surface area contributed by atoms with Crippen molar-refractivity contribution in [3.8, 4) is 0 Å². The van der Waals surface area contributed by atoms with Crippen molar-refractivity contribution < 1.29 is 5.11 Å². The van der Waals surface area contributed by atoms with Crippen LogP contribution >= 0.6 is 0 Å². The monoisotopic (exact) mass is 281 g/mol. The molecule has 1 saturated heterocycles. The van der Waals surface area contributed by atoms with Crippen molar-refractivity contribution in [3.05, 3.63) is 61.2 Å². The Labute approximate surface area is 125 Å². The predicted octanol–water partition coefficient (Wildman–Crippen LogP) is 2.88. The largest absolute Gasteiger partial charge is 0.388 e. The molecule has 1 fully saturated rings. The number of hydrogen-bond donors (Lipinski definition) is 2. The highest BCUT2D eigenvalue weighted by Crippen LogP contribution is 2.32. The molecule has 3 nitrogen and oxygen atoms in total. The average molecular weight is 281 g/mol. The number of fused-ring (bicyclic) bond motifs is 1. The molecule has 2 unspecified atom stereocenters. The zero-order valence-corrected chi connectivity index (χ0v) is 12.1. The number of piperidine rings is 1. The molecule has 0 amide bonds. The van der Waals surface area contributed by atoms with Gasteiger partial charge in [-0.05, 0) is 48.9 Å². The Morgan fingerprint density at radius 1 is 1.29 bits per heavy atom. The van der Waals surface area contributed by atoms with Crippen molar-refractivity contribution in [1.29, 1.82) is 0 Å². The van der Waals surface area contributed by atoms with Crippen molar-refractivity contribution in [3.63, 3.8) is 0 Å². The fraction of sp³-hybridized carbons (Fsp3) is 0.333. The highest BCUT2D eigenvalue weighted by atomic mass is 16.3. The molecule has 1 aliphatic rings. The van der Waals surface area contributed by atoms with Crippen LogP contribution in [0.25, 0.3) is 10.9 Å². The van der Waals surface area contributed by atoms with Gasteiger partial charge in [-0.3, -0.25) is 4.98 Å². The molecule has 3 rings (SSSR count). The maximum Gasteiger partial charge on any atom is 0.0832 e. The molecular formula is C18H21N2O. The van der Waals surface area contributed by atoms with Crippen LogP contribution in [0.2, 0.25) is 0 Å². The first-order chi connectivity index (χ1) is 10.3. The summed E-state index contributed by atoms with van der Waals surface area (Å²) in [5.41, 5.74) is 1.86. The molecule has 1 aromatic heterocycles. The first-order valence-corrected chi connectivity index (χ1v) is 7.49. The number of nitrogens with one attached hydrogen (secondary N) is 1. The van der Waals surface area contributed by atoms with Gasteiger partial charge in [0.2, 0.25) is 0 Å². The van der Waals surface area contributed by atoms with Gasteiger partial charge in [-0.1, -0.05) is 24.3 Å². The van der Waals surface area contributed by atoms with E-state index in [4.69, 9.17) is 0 Å². The number of hydrogen-bond acceptors (Lipinski definition) is 3. The van der Waals surface area contributed by atoms with E-state index in [1.165, 1.54) is 0 Å². The van der Waals surface area contributed by atoms with Gasteiger partial charge in [0, 0.05) is 18.1 Å². The molecular weight excluding hydrogens is 260 g/mol. The summed E-state index contributed by atoms with van der Waals surface area (Å²) in [4.78, 5) is 4.35. The number of para-hydroxylation sites is 1. The number of benzene rings is 1. The minimum atomic E-state index is -0.566. The van der Waals surface area contributed by atoms with Crippen LogP contribution in [0.5, 0.6) is 0 Å². The number of aliphatic hydroxyl groups is 1. The second-order valence-corrected chi connectivity index (χ2v) is 5.61. The van der Waals surface area contributed by atoms with Crippen molar-refractivity contribution in [2.45, 2.75) is 12.5 Å². The maximum absolute atomic E-state index is 10.6. The SMILES string of the molecule is C=CC1CNCCC1[CH][C@@H](O)c1ccnc2ccccc12. The van der Waals surface area contributed by atoms with Crippen molar-refractivity contribution in [1.82, 2.24) is 10.3 Å². The van der Waals surface area contributed by atoms with Crippen LogP contribution in [0.4, 0.5) is 0 Å². The van der Waals surface area contributed by atoms with E-state index in [9.17, 15) is 5.11 Å². The minimum absolute atomic E-state index is 0.366. The highest BCUT2D eigenvalue weighted by molar-refractivity contribution is 5.82. The lowest BCUT2D eigenvalue weighted by Crippen LogP contribution is -2.36. The van der Waals surface area contributed by atoms with Crippen LogP contribution in [0.1, 0.15) is 18.1 Å². The van der Waals surface area contributed by atoms with Gasteiger partial charge in [0.25, 0.3) is 0 Å². The van der Waals surface area contributed by atoms with Crippen LogP contribution in [0, 0.1) is 18.3 Å². The van der Waals surface area contributed by atoms with Gasteiger partial charge in [-0.15, -0.1) is 6.58 Å². The van der Waals surface area contributed by atoms with E-state index in [1.807, 2.05) is 36.4 Å². The summed E-state index contributed by atoms with van der Waals surface area (Å²) in [5.74, 6) is 0.757. The van der Waals surface area contributed by atoms with E-state index in [2.05, 4.69) is 23.3 Å². The van der Waals surface area contributed by atoms with E-state index in [0.717, 1.165) is 36.0 Å². The standard InChI is InChI=1S/C18H21N2O/c1-2-13-12-19-9-7-14(13)11-18(21)16-8-10-20-17-6-4-3-5-15(16)17/h2-6,8,10-11,13-14,18-19,21H,1,7,9,12H2/t13?,14?,18-/m1/s1. The van der Waals surface area contributed by atoms with Crippen molar-refractivity contribution in [2.24, 2.45) is 11.8 Å². The summed E-state index contributed by atoms with van der Waals surface area (Å²) in [5, 5.41) is 15.0. The molecule has 1 aliphatic heterocycles. The molecule has 0 bridgehead atoms. The fourth-order valence-electron chi connectivity index (χ4n) is 3.11. The highest BCUT2D eigenvalue weighted by Gasteiger charge is 2.26.